The quantitative estimate of drug-likeness (QED) is 0.221. The number of aliphatic hydroxyl groups excluding tert-OH is 1. The van der Waals surface area contributed by atoms with Gasteiger partial charge in [0.2, 0.25) is 11.8 Å². The fourth-order valence-electron chi connectivity index (χ4n) is 7.22. The SMILES string of the molecule is C=CCN(CCC)C(=O)[C@@H]1[C@@H]2CC(C)C3(S2)C(C(=O)N(CC=C)c2ccc(Cl)cc2)N(CCCCCCO)C(=O)[C@H]13. The van der Waals surface area contributed by atoms with Crippen molar-refractivity contribution in [3.05, 3.63) is 54.6 Å². The number of anilines is 1. The van der Waals surface area contributed by atoms with Crippen molar-refractivity contribution >= 4 is 46.8 Å². The Morgan fingerprint density at radius 3 is 2.44 bits per heavy atom. The van der Waals surface area contributed by atoms with Crippen LogP contribution in [0.2, 0.25) is 5.02 Å². The number of nitrogens with zero attached hydrogens (tertiary/aromatic N) is 3. The van der Waals surface area contributed by atoms with Crippen molar-refractivity contribution in [2.45, 2.75) is 68.4 Å². The van der Waals surface area contributed by atoms with Crippen LogP contribution in [0.3, 0.4) is 0 Å². The Morgan fingerprint density at radius 1 is 1.12 bits per heavy atom. The Kier molecular flexibility index (Phi) is 10.6. The Labute approximate surface area is 254 Å². The number of unbranched alkanes of at least 4 members (excludes halogenated alkanes) is 3. The number of halogens is 1. The van der Waals surface area contributed by atoms with E-state index < -0.39 is 22.6 Å². The highest BCUT2D eigenvalue weighted by atomic mass is 35.5. The van der Waals surface area contributed by atoms with Crippen LogP contribution >= 0.6 is 23.4 Å². The van der Waals surface area contributed by atoms with Crippen molar-refractivity contribution in [3.63, 3.8) is 0 Å². The maximum Gasteiger partial charge on any atom is 0.251 e. The third kappa shape index (κ3) is 5.84. The monoisotopic (exact) mass is 601 g/mol. The van der Waals surface area contributed by atoms with E-state index in [1.54, 1.807) is 45.8 Å². The Balaban J connectivity index is 1.75. The molecule has 3 heterocycles. The van der Waals surface area contributed by atoms with Gasteiger partial charge in [-0.15, -0.1) is 24.9 Å². The van der Waals surface area contributed by atoms with E-state index in [0.717, 1.165) is 32.1 Å². The molecule has 3 aliphatic rings. The first-order valence-electron chi connectivity index (χ1n) is 14.9. The average molecular weight is 602 g/mol. The van der Waals surface area contributed by atoms with Crippen molar-refractivity contribution in [2.24, 2.45) is 17.8 Å². The maximum absolute atomic E-state index is 14.7. The van der Waals surface area contributed by atoms with Crippen LogP contribution in [0.4, 0.5) is 5.69 Å². The van der Waals surface area contributed by atoms with E-state index in [4.69, 9.17) is 11.6 Å². The summed E-state index contributed by atoms with van der Waals surface area (Å²) in [6, 6.07) is 6.48. The molecule has 2 bridgehead atoms. The van der Waals surface area contributed by atoms with E-state index in [2.05, 4.69) is 20.1 Å². The summed E-state index contributed by atoms with van der Waals surface area (Å²) in [6.07, 6.45) is 8.24. The highest BCUT2D eigenvalue weighted by Crippen LogP contribution is 2.69. The highest BCUT2D eigenvalue weighted by Gasteiger charge is 2.76. The normalized spacial score (nSPS) is 28.0. The summed E-state index contributed by atoms with van der Waals surface area (Å²) in [5.41, 5.74) is 0.701. The van der Waals surface area contributed by atoms with Crippen LogP contribution in [0.25, 0.3) is 0 Å². The molecule has 1 aromatic carbocycles. The number of hydrogen-bond donors (Lipinski definition) is 1. The first-order valence-corrected chi connectivity index (χ1v) is 16.2. The molecule has 224 valence electrons. The van der Waals surface area contributed by atoms with E-state index in [1.165, 1.54) is 0 Å². The summed E-state index contributed by atoms with van der Waals surface area (Å²) in [5.74, 6) is -1.10. The minimum Gasteiger partial charge on any atom is -0.396 e. The number of benzene rings is 1. The molecule has 7 nitrogen and oxygen atoms in total. The highest BCUT2D eigenvalue weighted by molar-refractivity contribution is 8.02. The largest absolute Gasteiger partial charge is 0.396 e. The van der Waals surface area contributed by atoms with Gasteiger partial charge in [-0.3, -0.25) is 14.4 Å². The van der Waals surface area contributed by atoms with Gasteiger partial charge >= 0.3 is 0 Å². The van der Waals surface area contributed by atoms with Gasteiger partial charge in [-0.05, 0) is 55.9 Å². The number of carbonyl (C=O) groups excluding carboxylic acids is 3. The van der Waals surface area contributed by atoms with Gasteiger partial charge in [0.25, 0.3) is 5.91 Å². The molecule has 0 radical (unpaired) electrons. The molecule has 3 unspecified atom stereocenters. The third-order valence-electron chi connectivity index (χ3n) is 8.94. The summed E-state index contributed by atoms with van der Waals surface area (Å²) in [4.78, 5) is 48.5. The molecule has 0 aliphatic carbocycles. The fraction of sp³-hybridized carbons (Fsp3) is 0.594. The molecular formula is C32H44ClN3O4S. The minimum atomic E-state index is -0.685. The van der Waals surface area contributed by atoms with Crippen molar-refractivity contribution < 1.29 is 19.5 Å². The van der Waals surface area contributed by atoms with Crippen LogP contribution in [0.1, 0.15) is 52.4 Å². The van der Waals surface area contributed by atoms with Gasteiger partial charge < -0.3 is 19.8 Å². The molecule has 1 spiro atoms. The molecule has 0 saturated carbocycles. The Bertz CT molecular complexity index is 1130. The van der Waals surface area contributed by atoms with Crippen LogP contribution in [0.5, 0.6) is 0 Å². The predicted molar refractivity (Wildman–Crippen MR) is 167 cm³/mol. The molecule has 3 amide bonds. The topological polar surface area (TPSA) is 81.2 Å². The zero-order valence-corrected chi connectivity index (χ0v) is 25.9. The van der Waals surface area contributed by atoms with Crippen molar-refractivity contribution in [2.75, 3.05) is 37.7 Å². The second kappa shape index (κ2) is 13.8. The standard InChI is InChI=1S/C32H44ClN3O4S/c1-5-16-34(17-6-2)29(38)26-25-21-22(4)32(41-25)27(26)30(39)36(19-10-8-9-11-20-37)28(32)31(40)35(18-7-3)24-14-12-23(33)13-15-24/h5,7,12-15,22,25-28,37H,1,3,6,8-11,16-21H2,2,4H3/t22?,25-,26+,27-,28?,32?/m0/s1. The summed E-state index contributed by atoms with van der Waals surface area (Å²) in [6.45, 7) is 13.9. The fourth-order valence-corrected chi connectivity index (χ4v) is 9.75. The third-order valence-corrected chi connectivity index (χ3v) is 11.3. The molecule has 1 N–H and O–H groups in total. The van der Waals surface area contributed by atoms with Gasteiger partial charge in [0.15, 0.2) is 0 Å². The van der Waals surface area contributed by atoms with Crippen LogP contribution in [-0.2, 0) is 14.4 Å². The Hall–Kier alpha value is -2.29. The summed E-state index contributed by atoms with van der Waals surface area (Å²) >= 11 is 7.87. The summed E-state index contributed by atoms with van der Waals surface area (Å²) in [7, 11) is 0. The molecule has 0 aromatic heterocycles. The maximum atomic E-state index is 14.7. The average Bonchev–Trinajstić information content (AvgIpc) is 3.55. The van der Waals surface area contributed by atoms with E-state index in [-0.39, 0.29) is 35.5 Å². The van der Waals surface area contributed by atoms with Gasteiger partial charge in [-0.25, -0.2) is 0 Å². The number of amides is 3. The number of fused-ring (bicyclic) bond motifs is 1. The lowest BCUT2D eigenvalue weighted by atomic mass is 9.65. The van der Waals surface area contributed by atoms with Crippen LogP contribution < -0.4 is 4.90 Å². The molecule has 1 aromatic rings. The predicted octanol–water partition coefficient (Wildman–Crippen LogP) is 5.17. The smallest absolute Gasteiger partial charge is 0.251 e. The number of aliphatic hydroxyl groups is 1. The lowest BCUT2D eigenvalue weighted by Gasteiger charge is -2.41. The zero-order valence-electron chi connectivity index (χ0n) is 24.3. The first kappa shape index (κ1) is 31.6. The van der Waals surface area contributed by atoms with Crippen LogP contribution in [0, 0.1) is 17.8 Å². The first-order chi connectivity index (χ1) is 19.8. The van der Waals surface area contributed by atoms with Gasteiger partial charge in [0.05, 0.1) is 16.6 Å². The van der Waals surface area contributed by atoms with E-state index in [0.29, 0.717) is 43.3 Å². The van der Waals surface area contributed by atoms with Gasteiger partial charge in [-0.2, -0.15) is 0 Å². The zero-order chi connectivity index (χ0) is 29.7. The summed E-state index contributed by atoms with van der Waals surface area (Å²) in [5, 5.41) is 9.79. The van der Waals surface area contributed by atoms with Crippen LogP contribution in [0.15, 0.2) is 49.6 Å². The van der Waals surface area contributed by atoms with Crippen molar-refractivity contribution in [1.29, 1.82) is 0 Å². The van der Waals surface area contributed by atoms with Gasteiger partial charge in [0.1, 0.15) is 6.04 Å². The molecule has 9 heteroatoms. The molecule has 3 aliphatic heterocycles. The lowest BCUT2D eigenvalue weighted by Crippen LogP contribution is -2.57. The van der Waals surface area contributed by atoms with E-state index >= 15 is 0 Å². The van der Waals surface area contributed by atoms with Gasteiger partial charge in [0, 0.05) is 48.7 Å². The molecule has 3 fully saturated rings. The number of carbonyl (C=O) groups is 3. The second-order valence-corrected chi connectivity index (χ2v) is 13.5. The van der Waals surface area contributed by atoms with Crippen molar-refractivity contribution in [3.8, 4) is 0 Å². The van der Waals surface area contributed by atoms with E-state index in [9.17, 15) is 19.5 Å². The molecule has 6 atom stereocenters. The number of likely N-dealkylation sites (tertiary alicyclic amines) is 1. The molecule has 41 heavy (non-hydrogen) atoms. The second-order valence-electron chi connectivity index (χ2n) is 11.5. The molecular weight excluding hydrogens is 558 g/mol. The number of rotatable bonds is 15. The van der Waals surface area contributed by atoms with Crippen LogP contribution in [-0.4, -0.2) is 81.5 Å². The molecule has 3 saturated heterocycles. The Morgan fingerprint density at radius 2 is 1.80 bits per heavy atom. The minimum absolute atomic E-state index is 0.000937. The number of thioether (sulfide) groups is 1. The lowest BCUT2D eigenvalue weighted by molar-refractivity contribution is -0.144. The summed E-state index contributed by atoms with van der Waals surface area (Å²) < 4.78 is -0.678. The van der Waals surface area contributed by atoms with Gasteiger partial charge in [-0.1, -0.05) is 50.4 Å². The van der Waals surface area contributed by atoms with Crippen molar-refractivity contribution in [1.82, 2.24) is 9.80 Å². The molecule has 4 rings (SSSR count). The number of hydrogen-bond acceptors (Lipinski definition) is 5. The van der Waals surface area contributed by atoms with E-state index in [1.807, 2.05) is 24.0 Å².